The van der Waals surface area contributed by atoms with Crippen LogP contribution < -0.4 is 5.32 Å². The Hall–Kier alpha value is -1.95. The summed E-state index contributed by atoms with van der Waals surface area (Å²) in [5.74, 6) is -2.13. The minimum absolute atomic E-state index is 0.0612. The van der Waals surface area contributed by atoms with Crippen LogP contribution in [0.4, 0.5) is 10.1 Å². The van der Waals surface area contributed by atoms with Crippen molar-refractivity contribution in [2.24, 2.45) is 11.8 Å². The lowest BCUT2D eigenvalue weighted by Gasteiger charge is -2.19. The van der Waals surface area contributed by atoms with Gasteiger partial charge in [-0.3, -0.25) is 19.3 Å². The average molecular weight is 339 g/mol. The molecule has 0 bridgehead atoms. The van der Waals surface area contributed by atoms with Gasteiger partial charge in [-0.2, -0.15) is 0 Å². The van der Waals surface area contributed by atoms with Crippen molar-refractivity contribution in [3.8, 4) is 0 Å². The second-order valence-electron chi connectivity index (χ2n) is 5.93. The fourth-order valence-electron chi connectivity index (χ4n) is 3.31. The Morgan fingerprint density at radius 2 is 1.83 bits per heavy atom. The van der Waals surface area contributed by atoms with Gasteiger partial charge in [0.2, 0.25) is 17.7 Å². The lowest BCUT2D eigenvalue weighted by Crippen LogP contribution is -2.38. The number of likely N-dealkylation sites (tertiary alicyclic amines) is 1. The third-order valence-corrected chi connectivity index (χ3v) is 4.75. The Morgan fingerprint density at radius 1 is 1.22 bits per heavy atom. The van der Waals surface area contributed by atoms with E-state index >= 15 is 0 Å². The highest BCUT2D eigenvalue weighted by Gasteiger charge is 2.48. The van der Waals surface area contributed by atoms with Gasteiger partial charge in [-0.25, -0.2) is 4.39 Å². The molecule has 2 unspecified atom stereocenters. The van der Waals surface area contributed by atoms with Gasteiger partial charge in [0, 0.05) is 0 Å². The number of hydrogen-bond donors (Lipinski definition) is 1. The van der Waals surface area contributed by atoms with Crippen molar-refractivity contribution in [2.75, 3.05) is 11.9 Å². The Morgan fingerprint density at radius 3 is 2.39 bits per heavy atom. The molecule has 7 heteroatoms. The molecule has 1 saturated heterocycles. The number of nitrogens with one attached hydrogen (secondary N) is 1. The van der Waals surface area contributed by atoms with Gasteiger partial charge in [0.1, 0.15) is 12.4 Å². The molecular weight excluding hydrogens is 323 g/mol. The van der Waals surface area contributed by atoms with Gasteiger partial charge in [-0.1, -0.05) is 24.4 Å². The number of rotatable bonds is 3. The monoisotopic (exact) mass is 338 g/mol. The number of benzene rings is 1. The molecular formula is C16H16ClFN2O3. The molecule has 5 nitrogen and oxygen atoms in total. The lowest BCUT2D eigenvalue weighted by atomic mass is 9.81. The fourth-order valence-corrected chi connectivity index (χ4v) is 3.53. The lowest BCUT2D eigenvalue weighted by molar-refractivity contribution is -0.142. The molecule has 23 heavy (non-hydrogen) atoms. The van der Waals surface area contributed by atoms with Crippen LogP contribution in [0.3, 0.4) is 0 Å². The smallest absolute Gasteiger partial charge is 0.244 e. The summed E-state index contributed by atoms with van der Waals surface area (Å²) in [5.41, 5.74) is 0.245. The first-order chi connectivity index (χ1) is 11.0. The van der Waals surface area contributed by atoms with Crippen LogP contribution >= 0.6 is 11.6 Å². The summed E-state index contributed by atoms with van der Waals surface area (Å²) in [4.78, 5) is 37.7. The minimum Gasteiger partial charge on any atom is -0.323 e. The standard InChI is InChI=1S/C16H16ClFN2O3/c17-12-7-9(18)5-6-13(12)19-14(21)8-20-15(22)10-3-1-2-4-11(10)16(20)23/h5-7,10-11H,1-4,8H2,(H,19,21). The minimum atomic E-state index is -0.529. The number of halogens is 2. The highest BCUT2D eigenvalue weighted by atomic mass is 35.5. The second kappa shape index (κ2) is 6.28. The fraction of sp³-hybridized carbons (Fsp3) is 0.438. The highest BCUT2D eigenvalue weighted by Crippen LogP contribution is 2.37. The molecule has 1 saturated carbocycles. The zero-order valence-electron chi connectivity index (χ0n) is 12.4. The molecule has 1 aromatic rings. The summed E-state index contributed by atoms with van der Waals surface area (Å²) in [5, 5.41) is 2.56. The zero-order chi connectivity index (χ0) is 16.6. The van der Waals surface area contributed by atoms with Gasteiger partial charge < -0.3 is 5.32 Å². The molecule has 2 aliphatic rings. The van der Waals surface area contributed by atoms with Crippen molar-refractivity contribution in [1.29, 1.82) is 0 Å². The van der Waals surface area contributed by atoms with Crippen LogP contribution in [-0.4, -0.2) is 29.2 Å². The Labute approximate surface area is 137 Å². The van der Waals surface area contributed by atoms with Crippen molar-refractivity contribution in [3.63, 3.8) is 0 Å². The molecule has 1 N–H and O–H groups in total. The molecule has 3 amide bonds. The predicted molar refractivity (Wildman–Crippen MR) is 82.2 cm³/mol. The van der Waals surface area contributed by atoms with Crippen LogP contribution in [-0.2, 0) is 14.4 Å². The molecule has 122 valence electrons. The number of nitrogens with zero attached hydrogens (tertiary/aromatic N) is 1. The van der Waals surface area contributed by atoms with Crippen molar-refractivity contribution < 1.29 is 18.8 Å². The molecule has 1 heterocycles. The summed E-state index contributed by atoms with van der Waals surface area (Å²) in [6.45, 7) is -0.335. The number of hydrogen-bond acceptors (Lipinski definition) is 3. The van der Waals surface area contributed by atoms with E-state index in [1.807, 2.05) is 0 Å². The predicted octanol–water partition coefficient (Wildman–Crippen LogP) is 2.59. The van der Waals surface area contributed by atoms with Gasteiger partial charge in [0.05, 0.1) is 22.5 Å². The first kappa shape index (κ1) is 15.9. The van der Waals surface area contributed by atoms with Crippen molar-refractivity contribution >= 4 is 35.0 Å². The molecule has 0 radical (unpaired) electrons. The van der Waals surface area contributed by atoms with E-state index in [1.54, 1.807) is 0 Å². The number of carbonyl (C=O) groups is 3. The van der Waals surface area contributed by atoms with Crippen LogP contribution in [0, 0.1) is 17.7 Å². The number of fused-ring (bicyclic) bond motifs is 1. The second-order valence-corrected chi connectivity index (χ2v) is 6.34. The van der Waals surface area contributed by atoms with Crippen LogP contribution in [0.2, 0.25) is 5.02 Å². The van der Waals surface area contributed by atoms with Crippen molar-refractivity contribution in [3.05, 3.63) is 29.0 Å². The Bertz CT molecular complexity index is 655. The van der Waals surface area contributed by atoms with Crippen LogP contribution in [0.5, 0.6) is 0 Å². The van der Waals surface area contributed by atoms with E-state index in [0.29, 0.717) is 12.8 Å². The van der Waals surface area contributed by atoms with Crippen molar-refractivity contribution in [2.45, 2.75) is 25.7 Å². The van der Waals surface area contributed by atoms with Crippen LogP contribution in [0.25, 0.3) is 0 Å². The molecule has 2 atom stereocenters. The molecule has 1 aliphatic carbocycles. The van der Waals surface area contributed by atoms with E-state index in [2.05, 4.69) is 5.32 Å². The quantitative estimate of drug-likeness (QED) is 0.861. The SMILES string of the molecule is O=C(CN1C(=O)C2CCCCC2C1=O)Nc1ccc(F)cc1Cl. The maximum Gasteiger partial charge on any atom is 0.244 e. The number of carbonyl (C=O) groups excluding carboxylic acids is 3. The Kier molecular flexibility index (Phi) is 4.35. The van der Waals surface area contributed by atoms with E-state index < -0.39 is 11.7 Å². The van der Waals surface area contributed by atoms with Gasteiger partial charge in [0.15, 0.2) is 0 Å². The molecule has 0 aromatic heterocycles. The number of amides is 3. The third-order valence-electron chi connectivity index (χ3n) is 4.44. The van der Waals surface area contributed by atoms with Crippen LogP contribution in [0.15, 0.2) is 18.2 Å². The van der Waals surface area contributed by atoms with E-state index in [0.717, 1.165) is 23.8 Å². The number of imide groups is 1. The molecule has 1 aromatic carbocycles. The van der Waals surface area contributed by atoms with Crippen LogP contribution in [0.1, 0.15) is 25.7 Å². The van der Waals surface area contributed by atoms with Gasteiger partial charge in [-0.15, -0.1) is 0 Å². The van der Waals surface area contributed by atoms with E-state index in [-0.39, 0.29) is 40.9 Å². The van der Waals surface area contributed by atoms with E-state index in [1.165, 1.54) is 12.1 Å². The third kappa shape index (κ3) is 3.08. The van der Waals surface area contributed by atoms with Gasteiger partial charge in [-0.05, 0) is 31.0 Å². The van der Waals surface area contributed by atoms with E-state index in [9.17, 15) is 18.8 Å². The molecule has 0 spiro atoms. The molecule has 2 fully saturated rings. The topological polar surface area (TPSA) is 66.5 Å². The summed E-state index contributed by atoms with van der Waals surface area (Å²) in [6, 6.07) is 3.59. The van der Waals surface area contributed by atoms with Gasteiger partial charge in [0.25, 0.3) is 0 Å². The maximum absolute atomic E-state index is 13.0. The van der Waals surface area contributed by atoms with Gasteiger partial charge >= 0.3 is 0 Å². The van der Waals surface area contributed by atoms with Crippen molar-refractivity contribution in [1.82, 2.24) is 4.90 Å². The first-order valence-electron chi connectivity index (χ1n) is 7.57. The zero-order valence-corrected chi connectivity index (χ0v) is 13.1. The first-order valence-corrected chi connectivity index (χ1v) is 7.95. The maximum atomic E-state index is 13.0. The normalized spacial score (nSPS) is 23.8. The number of anilines is 1. The molecule has 1 aliphatic heterocycles. The average Bonchev–Trinajstić information content (AvgIpc) is 2.76. The van der Waals surface area contributed by atoms with E-state index in [4.69, 9.17) is 11.6 Å². The molecule has 3 rings (SSSR count). The summed E-state index contributed by atoms with van der Waals surface area (Å²) in [6.07, 6.45) is 3.28. The Balaban J connectivity index is 1.68. The highest BCUT2D eigenvalue weighted by molar-refractivity contribution is 6.33. The summed E-state index contributed by atoms with van der Waals surface area (Å²) < 4.78 is 13.0. The largest absolute Gasteiger partial charge is 0.323 e. The summed E-state index contributed by atoms with van der Waals surface area (Å²) in [7, 11) is 0. The summed E-state index contributed by atoms with van der Waals surface area (Å²) >= 11 is 5.84.